The number of carbonyl (C=O) groups is 3. The zero-order valence-corrected chi connectivity index (χ0v) is 22.8. The minimum Gasteiger partial charge on any atom is -0.447 e. The van der Waals surface area contributed by atoms with Gasteiger partial charge in [-0.05, 0) is 35.2 Å². The van der Waals surface area contributed by atoms with E-state index in [-0.39, 0.29) is 13.2 Å². The fraction of sp³-hybridized carbons (Fsp3) is 0.206. The van der Waals surface area contributed by atoms with Crippen molar-refractivity contribution >= 4 is 18.0 Å². The molecule has 0 unspecified atom stereocenters. The van der Waals surface area contributed by atoms with Crippen molar-refractivity contribution < 1.29 is 24.0 Å². The van der Waals surface area contributed by atoms with Crippen molar-refractivity contribution in [2.75, 3.05) is 6.61 Å². The highest BCUT2D eigenvalue weighted by Gasteiger charge is 2.44. The van der Waals surface area contributed by atoms with Crippen LogP contribution in [0.5, 0.6) is 0 Å². The van der Waals surface area contributed by atoms with Crippen molar-refractivity contribution in [1.29, 1.82) is 0 Å². The maximum atomic E-state index is 14.1. The molecule has 0 bridgehead atoms. The summed E-state index contributed by atoms with van der Waals surface area (Å²) in [5, 5.41) is 1.55. The first-order chi connectivity index (χ1) is 20.0. The number of hydroxylamine groups is 2. The van der Waals surface area contributed by atoms with Gasteiger partial charge in [-0.15, -0.1) is 5.06 Å². The van der Waals surface area contributed by atoms with Gasteiger partial charge < -0.3 is 9.57 Å². The van der Waals surface area contributed by atoms with Gasteiger partial charge in [0.1, 0.15) is 6.61 Å². The molecule has 4 aromatic carbocycles. The molecule has 0 spiro atoms. The average Bonchev–Trinajstić information content (AvgIpc) is 3.38. The van der Waals surface area contributed by atoms with E-state index in [4.69, 9.17) is 9.57 Å². The van der Waals surface area contributed by atoms with Crippen LogP contribution in [-0.4, -0.2) is 40.6 Å². The van der Waals surface area contributed by atoms with Crippen LogP contribution in [0.15, 0.2) is 121 Å². The summed E-state index contributed by atoms with van der Waals surface area (Å²) in [6.45, 7) is 2.12. The topological polar surface area (TPSA) is 76.2 Å². The fourth-order valence-electron chi connectivity index (χ4n) is 5.16. The molecule has 0 aliphatic carbocycles. The quantitative estimate of drug-likeness (QED) is 0.219. The highest BCUT2D eigenvalue weighted by atomic mass is 16.7. The molecule has 2 amide bonds. The first kappa shape index (κ1) is 27.8. The molecule has 41 heavy (non-hydrogen) atoms. The van der Waals surface area contributed by atoms with Crippen LogP contribution in [0.3, 0.4) is 0 Å². The molecule has 3 atom stereocenters. The van der Waals surface area contributed by atoms with Gasteiger partial charge in [0.2, 0.25) is 5.91 Å². The molecule has 1 saturated heterocycles. The number of nitrogens with zero attached hydrogens (tertiary/aromatic N) is 2. The Morgan fingerprint density at radius 3 is 1.98 bits per heavy atom. The molecule has 4 aromatic rings. The largest absolute Gasteiger partial charge is 0.447 e. The third-order valence-electron chi connectivity index (χ3n) is 7.22. The molecule has 1 fully saturated rings. The number of amides is 2. The van der Waals surface area contributed by atoms with Crippen LogP contribution < -0.4 is 0 Å². The number of ether oxygens (including phenoxy) is 1. The molecule has 0 saturated carbocycles. The Morgan fingerprint density at radius 1 is 0.829 bits per heavy atom. The highest BCUT2D eigenvalue weighted by molar-refractivity contribution is 5.95. The summed E-state index contributed by atoms with van der Waals surface area (Å²) >= 11 is 0. The molecule has 1 aliphatic heterocycles. The minimum atomic E-state index is -0.770. The average molecular weight is 549 g/mol. The number of rotatable bonds is 10. The van der Waals surface area contributed by atoms with Crippen LogP contribution >= 0.6 is 0 Å². The van der Waals surface area contributed by atoms with Crippen molar-refractivity contribution in [3.8, 4) is 0 Å². The van der Waals surface area contributed by atoms with E-state index in [0.29, 0.717) is 12.0 Å². The highest BCUT2D eigenvalue weighted by Crippen LogP contribution is 2.34. The molecule has 0 N–H and O–H groups in total. The first-order valence-electron chi connectivity index (χ1n) is 13.7. The van der Waals surface area contributed by atoms with E-state index in [1.54, 1.807) is 36.3 Å². The zero-order valence-electron chi connectivity index (χ0n) is 22.8. The zero-order chi connectivity index (χ0) is 28.6. The fourth-order valence-corrected chi connectivity index (χ4v) is 5.16. The minimum absolute atomic E-state index is 0.124. The number of hydrogen-bond acceptors (Lipinski definition) is 6. The number of hydrogen-bond donors (Lipinski definition) is 0. The number of imide groups is 1. The molecule has 1 heterocycles. The van der Waals surface area contributed by atoms with Crippen LogP contribution in [-0.2, 0) is 27.3 Å². The third-order valence-corrected chi connectivity index (χ3v) is 7.22. The second-order valence-corrected chi connectivity index (χ2v) is 10.1. The molecule has 7 heteroatoms. The SMILES string of the molecule is C[C@H](C(=O)N1C(=O)OC[C@H]1Cc1ccccc1)[C@H](c1ccccc1)N(Cc1ccccc1)OC(=O)c1ccccc1. The van der Waals surface area contributed by atoms with E-state index in [2.05, 4.69) is 0 Å². The summed E-state index contributed by atoms with van der Waals surface area (Å²) in [6, 6.07) is 36.3. The van der Waals surface area contributed by atoms with Gasteiger partial charge in [-0.3, -0.25) is 4.79 Å². The Hall–Kier alpha value is -4.75. The summed E-state index contributed by atoms with van der Waals surface area (Å²) in [5.74, 6) is -1.70. The smallest absolute Gasteiger partial charge is 0.416 e. The Kier molecular flexibility index (Phi) is 8.86. The van der Waals surface area contributed by atoms with E-state index in [1.807, 2.05) is 97.1 Å². The maximum absolute atomic E-state index is 14.1. The van der Waals surface area contributed by atoms with Crippen LogP contribution in [0, 0.1) is 5.92 Å². The first-order valence-corrected chi connectivity index (χ1v) is 13.7. The normalized spacial score (nSPS) is 16.2. The van der Waals surface area contributed by atoms with E-state index in [9.17, 15) is 14.4 Å². The lowest BCUT2D eigenvalue weighted by Crippen LogP contribution is -2.47. The van der Waals surface area contributed by atoms with Gasteiger partial charge in [-0.2, -0.15) is 0 Å². The summed E-state index contributed by atoms with van der Waals surface area (Å²) < 4.78 is 5.35. The molecule has 7 nitrogen and oxygen atoms in total. The molecular formula is C34H32N2O5. The summed E-state index contributed by atoms with van der Waals surface area (Å²) in [7, 11) is 0. The van der Waals surface area contributed by atoms with Crippen LogP contribution in [0.2, 0.25) is 0 Å². The Morgan fingerprint density at radius 2 is 1.37 bits per heavy atom. The van der Waals surface area contributed by atoms with Crippen molar-refractivity contribution in [3.05, 3.63) is 144 Å². The van der Waals surface area contributed by atoms with Crippen molar-refractivity contribution in [2.45, 2.75) is 32.0 Å². The monoisotopic (exact) mass is 548 g/mol. The summed E-state index contributed by atoms with van der Waals surface area (Å²) in [5.41, 5.74) is 3.07. The van der Waals surface area contributed by atoms with Crippen molar-refractivity contribution in [3.63, 3.8) is 0 Å². The molecule has 208 valence electrons. The van der Waals surface area contributed by atoms with Crippen LogP contribution in [0.1, 0.15) is 40.0 Å². The Bertz CT molecular complexity index is 1450. The Balaban J connectivity index is 1.49. The molecule has 0 radical (unpaired) electrons. The maximum Gasteiger partial charge on any atom is 0.416 e. The lowest BCUT2D eigenvalue weighted by atomic mass is 9.91. The van der Waals surface area contributed by atoms with Crippen LogP contribution in [0.25, 0.3) is 0 Å². The standard InChI is InChI=1S/C34H32N2O5/c1-25(32(37)36-30(24-40-34(36)39)22-26-14-6-2-7-15-26)31(28-18-10-4-11-19-28)35(23-27-16-8-3-9-17-27)41-33(38)29-20-12-5-13-21-29/h2-21,25,30-31H,22-24H2,1H3/t25-,30+,31+/m0/s1. The van der Waals surface area contributed by atoms with Gasteiger partial charge in [-0.25, -0.2) is 14.5 Å². The predicted molar refractivity (Wildman–Crippen MR) is 154 cm³/mol. The molecular weight excluding hydrogens is 516 g/mol. The van der Waals surface area contributed by atoms with Gasteiger partial charge >= 0.3 is 12.1 Å². The molecule has 1 aliphatic rings. The number of carbonyl (C=O) groups excluding carboxylic acids is 3. The van der Waals surface area contributed by atoms with Gasteiger partial charge in [0, 0.05) is 0 Å². The second kappa shape index (κ2) is 13.1. The van der Waals surface area contributed by atoms with Gasteiger partial charge in [0.15, 0.2) is 0 Å². The van der Waals surface area contributed by atoms with Gasteiger partial charge in [-0.1, -0.05) is 116 Å². The molecule has 5 rings (SSSR count). The van der Waals surface area contributed by atoms with E-state index < -0.39 is 36.0 Å². The number of cyclic esters (lactones) is 1. The van der Waals surface area contributed by atoms with Gasteiger partial charge in [0.05, 0.1) is 30.1 Å². The Labute approximate surface area is 239 Å². The van der Waals surface area contributed by atoms with E-state index >= 15 is 0 Å². The lowest BCUT2D eigenvalue weighted by Gasteiger charge is -2.35. The van der Waals surface area contributed by atoms with Crippen LogP contribution in [0.4, 0.5) is 4.79 Å². The van der Waals surface area contributed by atoms with E-state index in [0.717, 1.165) is 16.7 Å². The summed E-state index contributed by atoms with van der Waals surface area (Å²) in [6.07, 6.45) is -0.178. The lowest BCUT2D eigenvalue weighted by molar-refractivity contribution is -0.168. The number of benzene rings is 4. The third kappa shape index (κ3) is 6.70. The van der Waals surface area contributed by atoms with Crippen molar-refractivity contribution in [1.82, 2.24) is 9.96 Å². The van der Waals surface area contributed by atoms with Gasteiger partial charge in [0.25, 0.3) is 0 Å². The van der Waals surface area contributed by atoms with E-state index in [1.165, 1.54) is 4.90 Å². The molecule has 0 aromatic heterocycles. The second-order valence-electron chi connectivity index (χ2n) is 10.1. The summed E-state index contributed by atoms with van der Waals surface area (Å²) in [4.78, 5) is 47.6. The van der Waals surface area contributed by atoms with Crippen molar-refractivity contribution in [2.24, 2.45) is 5.92 Å². The predicted octanol–water partition coefficient (Wildman–Crippen LogP) is 6.23.